The molecule has 1 heterocycles. The number of nitrogens with one attached hydrogen (secondary N) is 1. The zero-order valence-corrected chi connectivity index (χ0v) is 17.4. The zero-order chi connectivity index (χ0) is 21.1. The Morgan fingerprint density at radius 3 is 2.30 bits per heavy atom. The molecule has 0 atom stereocenters. The maximum atomic E-state index is 13.4. The summed E-state index contributed by atoms with van der Waals surface area (Å²) >= 11 is 3.36. The van der Waals surface area contributed by atoms with Crippen molar-refractivity contribution in [3.05, 3.63) is 88.9 Å². The molecule has 3 aromatic carbocycles. The van der Waals surface area contributed by atoms with E-state index in [9.17, 15) is 9.18 Å². The second-order valence-electron chi connectivity index (χ2n) is 6.34. The van der Waals surface area contributed by atoms with Crippen molar-refractivity contribution in [2.75, 3.05) is 12.4 Å². The summed E-state index contributed by atoms with van der Waals surface area (Å²) in [6, 6.07) is 20.2. The van der Waals surface area contributed by atoms with Crippen molar-refractivity contribution in [1.82, 2.24) is 14.8 Å². The number of carbonyl (C=O) groups excluding carboxylic acids is 1. The number of benzene rings is 3. The number of aromatic nitrogens is 3. The highest BCUT2D eigenvalue weighted by Gasteiger charge is 2.19. The third kappa shape index (κ3) is 4.23. The van der Waals surface area contributed by atoms with Crippen LogP contribution in [0.5, 0.6) is 5.75 Å². The Kier molecular flexibility index (Phi) is 5.58. The Labute approximate surface area is 180 Å². The highest BCUT2D eigenvalue weighted by atomic mass is 79.9. The van der Waals surface area contributed by atoms with Gasteiger partial charge in [0.1, 0.15) is 11.6 Å². The summed E-state index contributed by atoms with van der Waals surface area (Å²) in [5.74, 6) is 0.292. The van der Waals surface area contributed by atoms with E-state index in [1.807, 2.05) is 12.1 Å². The van der Waals surface area contributed by atoms with Crippen LogP contribution in [0.15, 0.2) is 77.3 Å². The fourth-order valence-corrected chi connectivity index (χ4v) is 3.08. The predicted octanol–water partition coefficient (Wildman–Crippen LogP) is 5.10. The lowest BCUT2D eigenvalue weighted by molar-refractivity contribution is 0.101. The molecule has 0 saturated heterocycles. The van der Waals surface area contributed by atoms with E-state index in [-0.39, 0.29) is 11.6 Å². The number of halogens is 2. The molecule has 0 unspecified atom stereocenters. The number of hydrogen-bond donors (Lipinski definition) is 1. The first kappa shape index (κ1) is 19.8. The lowest BCUT2D eigenvalue weighted by atomic mass is 10.2. The van der Waals surface area contributed by atoms with Gasteiger partial charge in [0.25, 0.3) is 5.91 Å². The molecule has 0 aliphatic heterocycles. The van der Waals surface area contributed by atoms with Crippen LogP contribution in [0.3, 0.4) is 0 Å². The Bertz CT molecular complexity index is 1170. The number of rotatable bonds is 5. The summed E-state index contributed by atoms with van der Waals surface area (Å²) in [6.07, 6.45) is 0. The first-order valence-electron chi connectivity index (χ1n) is 8.98. The number of anilines is 1. The van der Waals surface area contributed by atoms with E-state index >= 15 is 0 Å². The highest BCUT2D eigenvalue weighted by Crippen LogP contribution is 2.24. The second kappa shape index (κ2) is 8.46. The molecule has 4 aromatic rings. The quantitative estimate of drug-likeness (QED) is 0.444. The van der Waals surface area contributed by atoms with Crippen LogP contribution in [0, 0.1) is 5.82 Å². The molecule has 0 saturated carbocycles. The van der Waals surface area contributed by atoms with Crippen molar-refractivity contribution in [2.24, 2.45) is 0 Å². The molecule has 0 aliphatic carbocycles. The first-order chi connectivity index (χ1) is 14.5. The van der Waals surface area contributed by atoms with Gasteiger partial charge in [-0.25, -0.2) is 14.1 Å². The van der Waals surface area contributed by atoms with Gasteiger partial charge in [0.15, 0.2) is 5.82 Å². The van der Waals surface area contributed by atoms with Gasteiger partial charge >= 0.3 is 0 Å². The molecule has 1 N–H and O–H groups in total. The van der Waals surface area contributed by atoms with Crippen molar-refractivity contribution < 1.29 is 13.9 Å². The number of ether oxygens (including phenoxy) is 1. The molecule has 4 rings (SSSR count). The van der Waals surface area contributed by atoms with Crippen molar-refractivity contribution >= 4 is 27.5 Å². The third-order valence-electron chi connectivity index (χ3n) is 4.33. The smallest absolute Gasteiger partial charge is 0.295 e. The van der Waals surface area contributed by atoms with Crippen molar-refractivity contribution in [2.45, 2.75) is 0 Å². The summed E-state index contributed by atoms with van der Waals surface area (Å²) in [6.45, 7) is 0. The molecule has 30 heavy (non-hydrogen) atoms. The van der Waals surface area contributed by atoms with Gasteiger partial charge in [0.2, 0.25) is 5.82 Å². The number of nitrogens with zero attached hydrogens (tertiary/aromatic N) is 3. The normalized spacial score (nSPS) is 10.6. The van der Waals surface area contributed by atoms with E-state index in [0.29, 0.717) is 28.5 Å². The van der Waals surface area contributed by atoms with Crippen LogP contribution < -0.4 is 10.1 Å². The van der Waals surface area contributed by atoms with E-state index in [2.05, 4.69) is 31.3 Å². The van der Waals surface area contributed by atoms with Gasteiger partial charge in [-0.15, -0.1) is 5.10 Å². The van der Waals surface area contributed by atoms with Crippen LogP contribution >= 0.6 is 15.9 Å². The minimum absolute atomic E-state index is 0.00642. The predicted molar refractivity (Wildman–Crippen MR) is 115 cm³/mol. The third-order valence-corrected chi connectivity index (χ3v) is 4.86. The molecule has 1 aromatic heterocycles. The Hall–Kier alpha value is -3.52. The summed E-state index contributed by atoms with van der Waals surface area (Å²) in [4.78, 5) is 17.2. The fraction of sp³-hybridized carbons (Fsp3) is 0.0455. The highest BCUT2D eigenvalue weighted by molar-refractivity contribution is 9.10. The SMILES string of the molecule is COc1ccc(-n2nc(C(=O)Nc3ccc(Br)cc3)nc2-c2ccc(F)cc2)cc1. The van der Waals surface area contributed by atoms with Gasteiger partial charge < -0.3 is 10.1 Å². The molecule has 6 nitrogen and oxygen atoms in total. The standard InChI is InChI=1S/C22H16BrFN4O2/c1-30-19-12-10-18(11-13-19)28-21(14-2-6-16(24)7-3-14)26-20(27-28)22(29)25-17-8-4-15(23)5-9-17/h2-13H,1H3,(H,25,29). The Morgan fingerprint density at radius 2 is 1.67 bits per heavy atom. The van der Waals surface area contributed by atoms with Crippen LogP contribution in [0.1, 0.15) is 10.6 Å². The Morgan fingerprint density at radius 1 is 1.00 bits per heavy atom. The van der Waals surface area contributed by atoms with Gasteiger partial charge in [-0.3, -0.25) is 4.79 Å². The van der Waals surface area contributed by atoms with E-state index in [0.717, 1.165) is 4.47 Å². The van der Waals surface area contributed by atoms with Crippen molar-refractivity contribution in [3.63, 3.8) is 0 Å². The maximum Gasteiger partial charge on any atom is 0.295 e. The molecule has 0 bridgehead atoms. The minimum atomic E-state index is -0.451. The van der Waals surface area contributed by atoms with E-state index < -0.39 is 5.91 Å². The molecule has 0 fully saturated rings. The zero-order valence-electron chi connectivity index (χ0n) is 15.8. The lowest BCUT2D eigenvalue weighted by Crippen LogP contribution is -2.14. The monoisotopic (exact) mass is 466 g/mol. The van der Waals surface area contributed by atoms with Crippen LogP contribution in [0.2, 0.25) is 0 Å². The molecular weight excluding hydrogens is 451 g/mol. The maximum absolute atomic E-state index is 13.4. The van der Waals surface area contributed by atoms with Gasteiger partial charge in [-0.1, -0.05) is 15.9 Å². The second-order valence-corrected chi connectivity index (χ2v) is 7.25. The summed E-state index contributed by atoms with van der Waals surface area (Å²) in [7, 11) is 1.58. The summed E-state index contributed by atoms with van der Waals surface area (Å²) in [5, 5.41) is 7.18. The van der Waals surface area contributed by atoms with E-state index in [1.54, 1.807) is 60.3 Å². The minimum Gasteiger partial charge on any atom is -0.497 e. The summed E-state index contributed by atoms with van der Waals surface area (Å²) < 4.78 is 21.0. The number of methoxy groups -OCH3 is 1. The van der Waals surface area contributed by atoms with Crippen LogP contribution in [-0.2, 0) is 0 Å². The van der Waals surface area contributed by atoms with Crippen LogP contribution in [0.25, 0.3) is 17.1 Å². The van der Waals surface area contributed by atoms with Gasteiger partial charge in [-0.2, -0.15) is 0 Å². The van der Waals surface area contributed by atoms with Gasteiger partial charge in [0.05, 0.1) is 12.8 Å². The molecule has 150 valence electrons. The molecule has 8 heteroatoms. The fourth-order valence-electron chi connectivity index (χ4n) is 2.82. The molecule has 0 aliphatic rings. The molecule has 0 radical (unpaired) electrons. The van der Waals surface area contributed by atoms with Crippen LogP contribution in [0.4, 0.5) is 10.1 Å². The van der Waals surface area contributed by atoms with Gasteiger partial charge in [-0.05, 0) is 72.8 Å². The van der Waals surface area contributed by atoms with Gasteiger partial charge in [0, 0.05) is 15.7 Å². The number of carbonyl (C=O) groups is 1. The average Bonchev–Trinajstić information content (AvgIpc) is 3.21. The van der Waals surface area contributed by atoms with Crippen molar-refractivity contribution in [1.29, 1.82) is 0 Å². The largest absolute Gasteiger partial charge is 0.497 e. The molecular formula is C22H16BrFN4O2. The topological polar surface area (TPSA) is 69.0 Å². The first-order valence-corrected chi connectivity index (χ1v) is 9.77. The Balaban J connectivity index is 1.73. The number of amides is 1. The van der Waals surface area contributed by atoms with E-state index in [4.69, 9.17) is 4.74 Å². The summed E-state index contributed by atoms with van der Waals surface area (Å²) in [5.41, 5.74) is 1.93. The van der Waals surface area contributed by atoms with Crippen LogP contribution in [-0.4, -0.2) is 27.8 Å². The molecule has 0 spiro atoms. The van der Waals surface area contributed by atoms with Crippen molar-refractivity contribution in [3.8, 4) is 22.8 Å². The average molecular weight is 467 g/mol. The number of hydrogen-bond acceptors (Lipinski definition) is 4. The molecule has 1 amide bonds. The van der Waals surface area contributed by atoms with E-state index in [1.165, 1.54) is 12.1 Å². The lowest BCUT2D eigenvalue weighted by Gasteiger charge is -2.07.